The standard InChI is InChI=1S/C12H16BrNO2/c1-8(2)11(7-15)12(16)14-10-5-3-9(13)4-6-10/h3-6,8,11,15H,7H2,1-2H3,(H,14,16). The summed E-state index contributed by atoms with van der Waals surface area (Å²) >= 11 is 3.32. The molecule has 1 rings (SSSR count). The Bertz CT molecular complexity index is 349. The topological polar surface area (TPSA) is 49.3 Å². The van der Waals surface area contributed by atoms with Crippen LogP contribution >= 0.6 is 15.9 Å². The molecule has 0 saturated heterocycles. The molecule has 2 N–H and O–H groups in total. The minimum absolute atomic E-state index is 0.125. The molecule has 1 aromatic rings. The second-order valence-corrected chi connectivity index (χ2v) is 4.94. The van der Waals surface area contributed by atoms with Crippen molar-refractivity contribution in [2.24, 2.45) is 11.8 Å². The molecule has 16 heavy (non-hydrogen) atoms. The molecule has 1 atom stereocenters. The lowest BCUT2D eigenvalue weighted by molar-refractivity contribution is -0.122. The molecule has 4 heteroatoms. The largest absolute Gasteiger partial charge is 0.396 e. The van der Waals surface area contributed by atoms with E-state index in [2.05, 4.69) is 21.2 Å². The SMILES string of the molecule is CC(C)C(CO)C(=O)Nc1ccc(Br)cc1. The molecular formula is C12H16BrNO2. The van der Waals surface area contributed by atoms with Crippen LogP contribution in [0.2, 0.25) is 0 Å². The Morgan fingerprint density at radius 3 is 2.38 bits per heavy atom. The maximum Gasteiger partial charge on any atom is 0.230 e. The number of carbonyl (C=O) groups excluding carboxylic acids is 1. The molecule has 1 aromatic carbocycles. The van der Waals surface area contributed by atoms with Crippen molar-refractivity contribution in [2.75, 3.05) is 11.9 Å². The van der Waals surface area contributed by atoms with Crippen LogP contribution in [-0.4, -0.2) is 17.6 Å². The highest BCUT2D eigenvalue weighted by Crippen LogP contribution is 2.17. The van der Waals surface area contributed by atoms with Crippen molar-refractivity contribution in [1.29, 1.82) is 0 Å². The van der Waals surface area contributed by atoms with E-state index in [0.29, 0.717) is 0 Å². The van der Waals surface area contributed by atoms with Crippen LogP contribution in [0.3, 0.4) is 0 Å². The number of hydrogen-bond acceptors (Lipinski definition) is 2. The van der Waals surface area contributed by atoms with Crippen LogP contribution in [-0.2, 0) is 4.79 Å². The average molecular weight is 286 g/mol. The maximum atomic E-state index is 11.8. The average Bonchev–Trinajstić information content (AvgIpc) is 2.22. The van der Waals surface area contributed by atoms with Gasteiger partial charge in [0, 0.05) is 10.2 Å². The third-order valence-corrected chi connectivity index (χ3v) is 2.98. The quantitative estimate of drug-likeness (QED) is 0.894. The first kappa shape index (κ1) is 13.2. The first-order chi connectivity index (χ1) is 7.54. The highest BCUT2D eigenvalue weighted by Gasteiger charge is 2.20. The van der Waals surface area contributed by atoms with Gasteiger partial charge in [0.1, 0.15) is 0 Å². The number of halogens is 1. The molecule has 0 radical (unpaired) electrons. The van der Waals surface area contributed by atoms with Crippen LogP contribution in [0.1, 0.15) is 13.8 Å². The van der Waals surface area contributed by atoms with Gasteiger partial charge in [-0.1, -0.05) is 29.8 Å². The maximum absolute atomic E-state index is 11.8. The van der Waals surface area contributed by atoms with Gasteiger partial charge < -0.3 is 10.4 Å². The zero-order valence-corrected chi connectivity index (χ0v) is 11.0. The molecule has 0 aliphatic heterocycles. The smallest absolute Gasteiger partial charge is 0.230 e. The molecule has 0 fully saturated rings. The Kier molecular flexibility index (Phi) is 4.96. The first-order valence-electron chi connectivity index (χ1n) is 5.22. The van der Waals surface area contributed by atoms with Crippen molar-refractivity contribution in [3.8, 4) is 0 Å². The Labute approximate surface area is 104 Å². The number of nitrogens with one attached hydrogen (secondary N) is 1. The number of hydrogen-bond donors (Lipinski definition) is 2. The molecule has 3 nitrogen and oxygen atoms in total. The lowest BCUT2D eigenvalue weighted by Crippen LogP contribution is -2.29. The first-order valence-corrected chi connectivity index (χ1v) is 6.01. The molecule has 0 spiro atoms. The molecule has 1 amide bonds. The second kappa shape index (κ2) is 6.01. The van der Waals surface area contributed by atoms with E-state index in [1.54, 1.807) is 0 Å². The number of aliphatic hydroxyl groups excluding tert-OH is 1. The number of benzene rings is 1. The van der Waals surface area contributed by atoms with Gasteiger partial charge in [0.05, 0.1) is 12.5 Å². The third-order valence-electron chi connectivity index (χ3n) is 2.45. The summed E-state index contributed by atoms with van der Waals surface area (Å²) in [5, 5.41) is 11.9. The van der Waals surface area contributed by atoms with E-state index in [1.165, 1.54) is 0 Å². The Hall–Kier alpha value is -0.870. The van der Waals surface area contributed by atoms with Crippen LogP contribution in [0, 0.1) is 11.8 Å². The van der Waals surface area contributed by atoms with Gasteiger partial charge in [0.25, 0.3) is 0 Å². The molecule has 88 valence electrons. The van der Waals surface area contributed by atoms with Gasteiger partial charge in [-0.05, 0) is 30.2 Å². The summed E-state index contributed by atoms with van der Waals surface area (Å²) in [6.07, 6.45) is 0. The van der Waals surface area contributed by atoms with Crippen LogP contribution in [0.25, 0.3) is 0 Å². The number of amides is 1. The molecule has 0 aliphatic rings. The summed E-state index contributed by atoms with van der Waals surface area (Å²) in [7, 11) is 0. The summed E-state index contributed by atoms with van der Waals surface area (Å²) in [5.41, 5.74) is 0.743. The predicted molar refractivity (Wildman–Crippen MR) is 68.2 cm³/mol. The van der Waals surface area contributed by atoms with Crippen LogP contribution in [0.4, 0.5) is 5.69 Å². The summed E-state index contributed by atoms with van der Waals surface area (Å²) in [6, 6.07) is 7.35. The Morgan fingerprint density at radius 2 is 1.94 bits per heavy atom. The van der Waals surface area contributed by atoms with E-state index >= 15 is 0 Å². The Morgan fingerprint density at radius 1 is 1.38 bits per heavy atom. The van der Waals surface area contributed by atoms with Gasteiger partial charge in [-0.2, -0.15) is 0 Å². The number of aliphatic hydroxyl groups is 1. The fraction of sp³-hybridized carbons (Fsp3) is 0.417. The zero-order valence-electron chi connectivity index (χ0n) is 9.40. The molecule has 0 aliphatic carbocycles. The predicted octanol–water partition coefficient (Wildman–Crippen LogP) is 2.65. The van der Waals surface area contributed by atoms with E-state index in [4.69, 9.17) is 5.11 Å². The molecule has 0 bridgehead atoms. The van der Waals surface area contributed by atoms with Crippen LogP contribution in [0.15, 0.2) is 28.7 Å². The van der Waals surface area contributed by atoms with Gasteiger partial charge in [-0.25, -0.2) is 0 Å². The lowest BCUT2D eigenvalue weighted by Gasteiger charge is -2.17. The van der Waals surface area contributed by atoms with Crippen molar-refractivity contribution in [3.05, 3.63) is 28.7 Å². The highest BCUT2D eigenvalue weighted by molar-refractivity contribution is 9.10. The van der Waals surface area contributed by atoms with Crippen molar-refractivity contribution in [2.45, 2.75) is 13.8 Å². The summed E-state index contributed by atoms with van der Waals surface area (Å²) in [4.78, 5) is 11.8. The second-order valence-electron chi connectivity index (χ2n) is 4.03. The van der Waals surface area contributed by atoms with Gasteiger partial charge >= 0.3 is 0 Å². The number of carbonyl (C=O) groups is 1. The van der Waals surface area contributed by atoms with Crippen molar-refractivity contribution < 1.29 is 9.90 Å². The van der Waals surface area contributed by atoms with Crippen LogP contribution in [0.5, 0.6) is 0 Å². The van der Waals surface area contributed by atoms with E-state index in [1.807, 2.05) is 38.1 Å². The van der Waals surface area contributed by atoms with Gasteiger partial charge in [-0.15, -0.1) is 0 Å². The van der Waals surface area contributed by atoms with E-state index in [9.17, 15) is 4.79 Å². The van der Waals surface area contributed by atoms with E-state index in [0.717, 1.165) is 10.2 Å². The Balaban J connectivity index is 2.66. The van der Waals surface area contributed by atoms with Gasteiger partial charge in [-0.3, -0.25) is 4.79 Å². The molecule has 0 saturated carbocycles. The van der Waals surface area contributed by atoms with E-state index < -0.39 is 0 Å². The number of anilines is 1. The summed E-state index contributed by atoms with van der Waals surface area (Å²) in [5.74, 6) is -0.371. The lowest BCUT2D eigenvalue weighted by atomic mass is 9.96. The van der Waals surface area contributed by atoms with Crippen molar-refractivity contribution in [3.63, 3.8) is 0 Å². The minimum Gasteiger partial charge on any atom is -0.396 e. The fourth-order valence-electron chi connectivity index (χ4n) is 1.36. The third kappa shape index (κ3) is 3.61. The highest BCUT2D eigenvalue weighted by atomic mass is 79.9. The summed E-state index contributed by atoms with van der Waals surface area (Å²) < 4.78 is 0.966. The van der Waals surface area contributed by atoms with E-state index in [-0.39, 0.29) is 24.3 Å². The molecule has 0 heterocycles. The normalized spacial score (nSPS) is 12.6. The fourth-order valence-corrected chi connectivity index (χ4v) is 1.63. The summed E-state index contributed by atoms with van der Waals surface area (Å²) in [6.45, 7) is 3.71. The molecule has 1 unspecified atom stereocenters. The molecule has 0 aromatic heterocycles. The van der Waals surface area contributed by atoms with Gasteiger partial charge in [0.15, 0.2) is 0 Å². The zero-order chi connectivity index (χ0) is 12.1. The van der Waals surface area contributed by atoms with Crippen molar-refractivity contribution >= 4 is 27.5 Å². The monoisotopic (exact) mass is 285 g/mol. The van der Waals surface area contributed by atoms with Crippen molar-refractivity contribution in [1.82, 2.24) is 0 Å². The minimum atomic E-state index is -0.358. The van der Waals surface area contributed by atoms with Gasteiger partial charge in [0.2, 0.25) is 5.91 Å². The van der Waals surface area contributed by atoms with Crippen LogP contribution < -0.4 is 5.32 Å². The number of rotatable bonds is 4. The molecular weight excluding hydrogens is 270 g/mol.